The molecule has 2 heterocycles. The maximum Gasteiger partial charge on any atom is 0.211 e. The zero-order chi connectivity index (χ0) is 8.39. The minimum absolute atomic E-state index is 0.636. The highest BCUT2D eigenvalue weighted by atomic mass is 16.1. The van der Waals surface area contributed by atoms with Crippen molar-refractivity contribution in [2.75, 3.05) is 5.32 Å². The molecule has 0 bridgehead atoms. The molecule has 2 aromatic rings. The van der Waals surface area contributed by atoms with Crippen molar-refractivity contribution >= 4 is 23.1 Å². The minimum atomic E-state index is 0.636. The summed E-state index contributed by atoms with van der Waals surface area (Å²) in [5, 5.41) is 2.56. The van der Waals surface area contributed by atoms with E-state index in [0.717, 1.165) is 11.0 Å². The Morgan fingerprint density at radius 2 is 2.50 bits per heavy atom. The average molecular weight is 161 g/mol. The molecule has 2 N–H and O–H groups in total. The quantitative estimate of drug-likeness (QED) is 0.648. The van der Waals surface area contributed by atoms with Crippen LogP contribution in [-0.4, -0.2) is 16.4 Å². The molecular weight excluding hydrogens is 154 g/mol. The molecular formula is C8H7N3O. The first-order valence-corrected chi connectivity index (χ1v) is 3.54. The third-order valence-corrected chi connectivity index (χ3v) is 1.65. The number of nitrogens with one attached hydrogen (secondary N) is 2. The summed E-state index contributed by atoms with van der Waals surface area (Å²) in [5.74, 6) is 0. The minimum Gasteiger partial charge on any atom is -0.358 e. The number of H-pyrrole nitrogens is 1. The Morgan fingerprint density at radius 1 is 1.58 bits per heavy atom. The Kier molecular flexibility index (Phi) is 1.51. The van der Waals surface area contributed by atoms with Crippen molar-refractivity contribution in [2.45, 2.75) is 0 Å². The first-order chi connectivity index (χ1) is 5.92. The Hall–Kier alpha value is -1.84. The Labute approximate surface area is 68.6 Å². The summed E-state index contributed by atoms with van der Waals surface area (Å²) >= 11 is 0. The summed E-state index contributed by atoms with van der Waals surface area (Å²) in [6.07, 6.45) is 4.04. The van der Waals surface area contributed by atoms with Crippen molar-refractivity contribution in [3.8, 4) is 0 Å². The molecule has 0 atom stereocenters. The van der Waals surface area contributed by atoms with Crippen molar-refractivity contribution in [3.63, 3.8) is 0 Å². The van der Waals surface area contributed by atoms with Crippen LogP contribution in [0.4, 0.5) is 5.69 Å². The first kappa shape index (κ1) is 6.84. The van der Waals surface area contributed by atoms with Gasteiger partial charge in [0.05, 0.1) is 11.2 Å². The van der Waals surface area contributed by atoms with Gasteiger partial charge in [0.25, 0.3) is 0 Å². The van der Waals surface area contributed by atoms with Crippen molar-refractivity contribution in [1.82, 2.24) is 9.97 Å². The van der Waals surface area contributed by atoms with E-state index < -0.39 is 0 Å². The summed E-state index contributed by atoms with van der Waals surface area (Å²) < 4.78 is 0. The lowest BCUT2D eigenvalue weighted by Crippen LogP contribution is -1.92. The molecule has 4 nitrogen and oxygen atoms in total. The fourth-order valence-electron chi connectivity index (χ4n) is 1.13. The molecule has 12 heavy (non-hydrogen) atoms. The Morgan fingerprint density at radius 3 is 3.33 bits per heavy atom. The molecule has 4 heteroatoms. The highest BCUT2D eigenvalue weighted by Gasteiger charge is 2.01. The molecule has 1 amide bonds. The molecule has 2 aromatic heterocycles. The van der Waals surface area contributed by atoms with Gasteiger partial charge >= 0.3 is 0 Å². The maximum absolute atomic E-state index is 10.2. The molecule has 0 aromatic carbocycles. The second-order valence-corrected chi connectivity index (χ2v) is 2.36. The van der Waals surface area contributed by atoms with Crippen LogP contribution in [0, 0.1) is 0 Å². The number of aromatic nitrogens is 2. The number of rotatable bonds is 2. The number of anilines is 1. The van der Waals surface area contributed by atoms with Crippen LogP contribution in [0.15, 0.2) is 24.5 Å². The molecule has 60 valence electrons. The average Bonchev–Trinajstić information content (AvgIpc) is 2.50. The number of hydrogen-bond acceptors (Lipinski definition) is 2. The van der Waals surface area contributed by atoms with Crippen LogP contribution in [0.3, 0.4) is 0 Å². The van der Waals surface area contributed by atoms with Crippen molar-refractivity contribution in [2.24, 2.45) is 0 Å². The fourth-order valence-corrected chi connectivity index (χ4v) is 1.13. The molecule has 2 rings (SSSR count). The molecule has 0 saturated heterocycles. The van der Waals surface area contributed by atoms with Crippen molar-refractivity contribution < 1.29 is 4.79 Å². The standard InChI is InChI=1S/C8H7N3O/c12-5-11-7-4-10-6-2-1-3-9-8(6)7/h1-5,10H,(H,11,12). The lowest BCUT2D eigenvalue weighted by molar-refractivity contribution is -0.105. The Balaban J connectivity index is 2.62. The molecule has 0 saturated carbocycles. The summed E-state index contributed by atoms with van der Waals surface area (Å²) in [5.41, 5.74) is 2.41. The van der Waals surface area contributed by atoms with Gasteiger partial charge in [0.1, 0.15) is 5.52 Å². The molecule has 0 radical (unpaired) electrons. The van der Waals surface area contributed by atoms with Gasteiger partial charge in [-0.05, 0) is 12.1 Å². The van der Waals surface area contributed by atoms with E-state index in [1.165, 1.54) is 0 Å². The maximum atomic E-state index is 10.2. The molecule has 0 aliphatic rings. The highest BCUT2D eigenvalue weighted by Crippen LogP contribution is 2.18. The van der Waals surface area contributed by atoms with Crippen LogP contribution in [0.1, 0.15) is 0 Å². The van der Waals surface area contributed by atoms with E-state index >= 15 is 0 Å². The monoisotopic (exact) mass is 161 g/mol. The summed E-state index contributed by atoms with van der Waals surface area (Å²) in [6, 6.07) is 3.74. The van der Waals surface area contributed by atoms with Gasteiger partial charge in [0.2, 0.25) is 6.41 Å². The molecule has 0 fully saturated rings. The van der Waals surface area contributed by atoms with Crippen LogP contribution in [0.2, 0.25) is 0 Å². The number of fused-ring (bicyclic) bond motifs is 1. The van der Waals surface area contributed by atoms with E-state index in [1.54, 1.807) is 12.4 Å². The molecule has 0 unspecified atom stereocenters. The summed E-state index contributed by atoms with van der Waals surface area (Å²) in [4.78, 5) is 17.3. The zero-order valence-corrected chi connectivity index (χ0v) is 6.24. The van der Waals surface area contributed by atoms with E-state index in [2.05, 4.69) is 15.3 Å². The van der Waals surface area contributed by atoms with Gasteiger partial charge < -0.3 is 10.3 Å². The lowest BCUT2D eigenvalue weighted by atomic mass is 10.3. The van der Waals surface area contributed by atoms with E-state index in [0.29, 0.717) is 12.1 Å². The number of carbonyl (C=O) groups excluding carboxylic acids is 1. The van der Waals surface area contributed by atoms with Gasteiger partial charge in [-0.25, -0.2) is 0 Å². The number of amides is 1. The van der Waals surface area contributed by atoms with E-state index in [9.17, 15) is 4.79 Å². The van der Waals surface area contributed by atoms with Gasteiger partial charge in [-0.2, -0.15) is 0 Å². The van der Waals surface area contributed by atoms with Crippen LogP contribution in [0.25, 0.3) is 11.0 Å². The molecule has 0 aliphatic carbocycles. The van der Waals surface area contributed by atoms with Gasteiger partial charge in [0.15, 0.2) is 0 Å². The van der Waals surface area contributed by atoms with E-state index in [4.69, 9.17) is 0 Å². The van der Waals surface area contributed by atoms with Crippen LogP contribution >= 0.6 is 0 Å². The molecule has 0 aliphatic heterocycles. The largest absolute Gasteiger partial charge is 0.358 e. The number of pyridine rings is 1. The summed E-state index contributed by atoms with van der Waals surface area (Å²) in [7, 11) is 0. The van der Waals surface area contributed by atoms with Crippen molar-refractivity contribution in [1.29, 1.82) is 0 Å². The topological polar surface area (TPSA) is 57.8 Å². The normalized spacial score (nSPS) is 10.0. The van der Waals surface area contributed by atoms with E-state index in [-0.39, 0.29) is 0 Å². The first-order valence-electron chi connectivity index (χ1n) is 3.54. The van der Waals surface area contributed by atoms with Gasteiger partial charge in [-0.3, -0.25) is 9.78 Å². The fraction of sp³-hybridized carbons (Fsp3) is 0. The van der Waals surface area contributed by atoms with Crippen LogP contribution < -0.4 is 5.32 Å². The number of carbonyl (C=O) groups is 1. The van der Waals surface area contributed by atoms with Crippen molar-refractivity contribution in [3.05, 3.63) is 24.5 Å². The predicted molar refractivity (Wildman–Crippen MR) is 45.8 cm³/mol. The third-order valence-electron chi connectivity index (χ3n) is 1.65. The zero-order valence-electron chi connectivity index (χ0n) is 6.24. The van der Waals surface area contributed by atoms with Crippen LogP contribution in [-0.2, 0) is 4.79 Å². The highest BCUT2D eigenvalue weighted by molar-refractivity contribution is 5.92. The predicted octanol–water partition coefficient (Wildman–Crippen LogP) is 1.13. The second-order valence-electron chi connectivity index (χ2n) is 2.36. The number of aromatic amines is 1. The van der Waals surface area contributed by atoms with Gasteiger partial charge in [-0.1, -0.05) is 0 Å². The number of nitrogens with zero attached hydrogens (tertiary/aromatic N) is 1. The third kappa shape index (κ3) is 0.934. The van der Waals surface area contributed by atoms with Gasteiger partial charge in [-0.15, -0.1) is 0 Å². The van der Waals surface area contributed by atoms with Crippen LogP contribution in [0.5, 0.6) is 0 Å². The number of hydrogen-bond donors (Lipinski definition) is 2. The summed E-state index contributed by atoms with van der Waals surface area (Å²) in [6.45, 7) is 0. The molecule has 0 spiro atoms. The van der Waals surface area contributed by atoms with Gasteiger partial charge in [0, 0.05) is 12.4 Å². The SMILES string of the molecule is O=CNc1c[nH]c2cccnc12. The smallest absolute Gasteiger partial charge is 0.211 e. The second kappa shape index (κ2) is 2.65. The Bertz CT molecular complexity index is 407. The van der Waals surface area contributed by atoms with E-state index in [1.807, 2.05) is 12.1 Å². The lowest BCUT2D eigenvalue weighted by Gasteiger charge is -1.92.